The zero-order valence-corrected chi connectivity index (χ0v) is 11.0. The highest BCUT2D eigenvalue weighted by atomic mass is 127. The van der Waals surface area contributed by atoms with Crippen LogP contribution in [0.3, 0.4) is 0 Å². The van der Waals surface area contributed by atoms with Gasteiger partial charge in [0.1, 0.15) is 11.7 Å². The minimum absolute atomic E-state index is 0.417. The Kier molecular flexibility index (Phi) is 4.38. The third-order valence-electron chi connectivity index (χ3n) is 1.93. The van der Waals surface area contributed by atoms with Gasteiger partial charge in [0.15, 0.2) is 0 Å². The van der Waals surface area contributed by atoms with Crippen LogP contribution in [0.1, 0.15) is 0 Å². The number of alkyl halides is 4. The summed E-state index contributed by atoms with van der Waals surface area (Å²) < 4.78 is 55.9. The van der Waals surface area contributed by atoms with E-state index in [0.717, 1.165) is 12.1 Å². The average Bonchev–Trinajstić information content (AvgIpc) is 2.31. The van der Waals surface area contributed by atoms with Gasteiger partial charge in [0.25, 0.3) is 0 Å². The van der Waals surface area contributed by atoms with E-state index in [0.29, 0.717) is 3.57 Å². The van der Waals surface area contributed by atoms with Crippen molar-refractivity contribution in [3.63, 3.8) is 0 Å². The number of benzene rings is 1. The summed E-state index contributed by atoms with van der Waals surface area (Å²) in [5, 5.41) is 9.92. The summed E-state index contributed by atoms with van der Waals surface area (Å²) in [5.41, 5.74) is 0. The molecule has 1 aromatic rings. The second-order valence-electron chi connectivity index (χ2n) is 3.28. The summed E-state index contributed by atoms with van der Waals surface area (Å²) in [6.45, 7) is 0. The summed E-state index contributed by atoms with van der Waals surface area (Å²) in [4.78, 5) is 20.8. The van der Waals surface area contributed by atoms with E-state index < -0.39 is 29.5 Å². The van der Waals surface area contributed by atoms with Crippen LogP contribution in [-0.4, -0.2) is 23.8 Å². The van der Waals surface area contributed by atoms with Crippen LogP contribution in [0.2, 0.25) is 0 Å². The Bertz CT molecular complexity index is 501. The molecule has 0 spiro atoms. The Morgan fingerprint density at radius 3 is 1.95 bits per heavy atom. The summed E-state index contributed by atoms with van der Waals surface area (Å²) in [6, 6.07) is 4.93. The molecule has 1 rings (SSSR count). The van der Waals surface area contributed by atoms with Gasteiger partial charge in [-0.3, -0.25) is 0 Å². The molecule has 0 N–H and O–H groups in total. The van der Waals surface area contributed by atoms with E-state index in [9.17, 15) is 32.3 Å². The molecule has 0 aliphatic heterocycles. The first-order chi connectivity index (χ1) is 8.59. The Balaban J connectivity index is 2.94. The van der Waals surface area contributed by atoms with Crippen molar-refractivity contribution in [1.82, 2.24) is 0 Å². The van der Waals surface area contributed by atoms with E-state index >= 15 is 0 Å². The molecule has 0 saturated heterocycles. The Labute approximate surface area is 117 Å². The van der Waals surface area contributed by atoms with Crippen molar-refractivity contribution >= 4 is 34.5 Å². The number of carbonyl (C=O) groups is 2. The number of carboxylic acids is 1. The SMILES string of the molecule is O=C([O-])C(F)(F)C(F)(F)C(=O)Oc1ccc(I)cc1. The molecule has 9 heteroatoms. The molecule has 0 amide bonds. The van der Waals surface area contributed by atoms with Crippen LogP contribution in [0.25, 0.3) is 0 Å². The minimum Gasteiger partial charge on any atom is -0.544 e. The highest BCUT2D eigenvalue weighted by Gasteiger charge is 2.64. The molecule has 1 aromatic carbocycles. The minimum atomic E-state index is -5.66. The molecule has 0 bridgehead atoms. The third-order valence-corrected chi connectivity index (χ3v) is 2.65. The molecular weight excluding hydrogens is 387 g/mol. The second kappa shape index (κ2) is 5.31. The summed E-state index contributed by atoms with van der Waals surface area (Å²) >= 11 is 1.87. The van der Waals surface area contributed by atoms with E-state index in [1.807, 2.05) is 22.6 Å². The topological polar surface area (TPSA) is 66.4 Å². The molecule has 4 nitrogen and oxygen atoms in total. The third kappa shape index (κ3) is 3.14. The lowest BCUT2D eigenvalue weighted by Gasteiger charge is -2.24. The lowest BCUT2D eigenvalue weighted by molar-refractivity contribution is -0.346. The summed E-state index contributed by atoms with van der Waals surface area (Å²) in [5.74, 6) is -17.7. The molecule has 0 aliphatic carbocycles. The molecule has 0 aliphatic rings. The quantitative estimate of drug-likeness (QED) is 0.335. The number of rotatable bonds is 4. The van der Waals surface area contributed by atoms with Gasteiger partial charge in [0.05, 0.1) is 0 Å². The van der Waals surface area contributed by atoms with Gasteiger partial charge in [0.2, 0.25) is 0 Å². The average molecular weight is 391 g/mol. The first-order valence-corrected chi connectivity index (χ1v) is 5.62. The highest BCUT2D eigenvalue weighted by molar-refractivity contribution is 14.1. The highest BCUT2D eigenvalue weighted by Crippen LogP contribution is 2.35. The molecular formula is C10H4F4IO4-. The number of hydrogen-bond acceptors (Lipinski definition) is 4. The number of hydrogen-bond donors (Lipinski definition) is 0. The van der Waals surface area contributed by atoms with E-state index in [1.54, 1.807) is 0 Å². The smallest absolute Gasteiger partial charge is 0.410 e. The standard InChI is InChI=1S/C10H5F4IO4/c11-9(12,7(16)17)10(13,14)8(18)19-6-3-1-5(15)2-4-6/h1-4H,(H,16,17)/p-1. The van der Waals surface area contributed by atoms with Crippen molar-refractivity contribution in [2.75, 3.05) is 0 Å². The van der Waals surface area contributed by atoms with E-state index in [1.165, 1.54) is 12.1 Å². The lowest BCUT2D eigenvalue weighted by atomic mass is 10.2. The van der Waals surface area contributed by atoms with Gasteiger partial charge in [0, 0.05) is 3.57 Å². The largest absolute Gasteiger partial charge is 0.544 e. The van der Waals surface area contributed by atoms with Crippen LogP contribution in [0.4, 0.5) is 17.6 Å². The molecule has 0 atom stereocenters. The summed E-state index contributed by atoms with van der Waals surface area (Å²) in [6.07, 6.45) is 0. The van der Waals surface area contributed by atoms with Gasteiger partial charge in [-0.05, 0) is 46.9 Å². The van der Waals surface area contributed by atoms with Gasteiger partial charge >= 0.3 is 17.8 Å². The maximum absolute atomic E-state index is 13.0. The fraction of sp³-hybridized carbons (Fsp3) is 0.200. The van der Waals surface area contributed by atoms with Gasteiger partial charge in [-0.25, -0.2) is 4.79 Å². The Hall–Kier alpha value is -1.39. The van der Waals surface area contributed by atoms with Gasteiger partial charge in [-0.1, -0.05) is 0 Å². The van der Waals surface area contributed by atoms with Crippen LogP contribution >= 0.6 is 22.6 Å². The van der Waals surface area contributed by atoms with Crippen LogP contribution in [-0.2, 0) is 9.59 Å². The molecule has 0 unspecified atom stereocenters. The first kappa shape index (κ1) is 15.7. The zero-order chi connectivity index (χ0) is 14.8. The number of halogens is 5. The van der Waals surface area contributed by atoms with Crippen molar-refractivity contribution < 1.29 is 37.0 Å². The van der Waals surface area contributed by atoms with Crippen molar-refractivity contribution in [2.45, 2.75) is 11.8 Å². The molecule has 0 fully saturated rings. The van der Waals surface area contributed by atoms with Crippen LogP contribution in [0.5, 0.6) is 5.75 Å². The van der Waals surface area contributed by atoms with Gasteiger partial charge < -0.3 is 14.6 Å². The monoisotopic (exact) mass is 391 g/mol. The second-order valence-corrected chi connectivity index (χ2v) is 4.53. The fourth-order valence-electron chi connectivity index (χ4n) is 0.930. The van der Waals surface area contributed by atoms with Crippen LogP contribution < -0.4 is 9.84 Å². The number of aliphatic carboxylic acids is 1. The molecule has 0 heterocycles. The zero-order valence-electron chi connectivity index (χ0n) is 8.83. The molecule has 0 aromatic heterocycles. The Morgan fingerprint density at radius 1 is 1.05 bits per heavy atom. The Morgan fingerprint density at radius 2 is 1.53 bits per heavy atom. The number of esters is 1. The molecule has 19 heavy (non-hydrogen) atoms. The van der Waals surface area contributed by atoms with E-state index in [-0.39, 0.29) is 0 Å². The summed E-state index contributed by atoms with van der Waals surface area (Å²) in [7, 11) is 0. The number of carbonyl (C=O) groups excluding carboxylic acids is 2. The normalized spacial score (nSPS) is 12.1. The van der Waals surface area contributed by atoms with Crippen molar-refractivity contribution in [2.24, 2.45) is 0 Å². The van der Waals surface area contributed by atoms with Crippen LogP contribution in [0.15, 0.2) is 24.3 Å². The predicted molar refractivity (Wildman–Crippen MR) is 59.7 cm³/mol. The predicted octanol–water partition coefficient (Wildman–Crippen LogP) is 1.22. The number of carboxylic acid groups (broad SMARTS) is 1. The molecule has 0 radical (unpaired) electrons. The maximum Gasteiger partial charge on any atom is 0.410 e. The van der Waals surface area contributed by atoms with Crippen LogP contribution in [0, 0.1) is 3.57 Å². The van der Waals surface area contributed by atoms with E-state index in [4.69, 9.17) is 0 Å². The van der Waals surface area contributed by atoms with Gasteiger partial charge in [-0.2, -0.15) is 17.6 Å². The van der Waals surface area contributed by atoms with Gasteiger partial charge in [-0.15, -0.1) is 0 Å². The number of ether oxygens (including phenoxy) is 1. The van der Waals surface area contributed by atoms with E-state index in [2.05, 4.69) is 4.74 Å². The van der Waals surface area contributed by atoms with Crippen molar-refractivity contribution in [3.05, 3.63) is 27.8 Å². The fourth-order valence-corrected chi connectivity index (χ4v) is 1.29. The lowest BCUT2D eigenvalue weighted by Crippen LogP contribution is -2.58. The van der Waals surface area contributed by atoms with Crippen molar-refractivity contribution in [3.8, 4) is 5.75 Å². The maximum atomic E-state index is 13.0. The molecule has 104 valence electrons. The first-order valence-electron chi connectivity index (χ1n) is 4.54. The molecule has 0 saturated carbocycles. The van der Waals surface area contributed by atoms with Crippen molar-refractivity contribution in [1.29, 1.82) is 0 Å².